The van der Waals surface area contributed by atoms with Crippen molar-refractivity contribution in [1.82, 2.24) is 9.97 Å². The number of hydrogen-bond donors (Lipinski definition) is 1. The van der Waals surface area contributed by atoms with E-state index >= 15 is 0 Å². The van der Waals surface area contributed by atoms with Gasteiger partial charge in [-0.2, -0.15) is 4.98 Å². The zero-order valence-electron chi connectivity index (χ0n) is 11.2. The minimum Gasteiger partial charge on any atom is -0.355 e. The van der Waals surface area contributed by atoms with Crippen molar-refractivity contribution in [2.24, 2.45) is 0 Å². The van der Waals surface area contributed by atoms with Crippen molar-refractivity contribution in [3.63, 3.8) is 0 Å². The molecule has 1 saturated heterocycles. The fourth-order valence-corrected chi connectivity index (χ4v) is 3.29. The Morgan fingerprint density at radius 1 is 1.37 bits per heavy atom. The van der Waals surface area contributed by atoms with Crippen LogP contribution >= 0.6 is 0 Å². The summed E-state index contributed by atoms with van der Waals surface area (Å²) < 4.78 is 23.2. The molecule has 2 heterocycles. The summed E-state index contributed by atoms with van der Waals surface area (Å²) in [5, 5.41) is 3.14. The van der Waals surface area contributed by atoms with E-state index in [4.69, 9.17) is 0 Å². The topological polar surface area (TPSA) is 75.2 Å². The van der Waals surface area contributed by atoms with E-state index in [2.05, 4.69) is 22.2 Å². The zero-order chi connectivity index (χ0) is 13.7. The Morgan fingerprint density at radius 2 is 2.21 bits per heavy atom. The smallest absolute Gasteiger partial charge is 0.224 e. The van der Waals surface area contributed by atoms with Crippen molar-refractivity contribution >= 4 is 21.6 Å². The van der Waals surface area contributed by atoms with Crippen molar-refractivity contribution in [3.05, 3.63) is 12.3 Å². The number of hydrogen-bond acceptors (Lipinski definition) is 6. The number of sulfone groups is 1. The molecule has 1 N–H and O–H groups in total. The summed E-state index contributed by atoms with van der Waals surface area (Å²) in [7, 11) is -2.89. The Morgan fingerprint density at radius 3 is 3.00 bits per heavy atom. The van der Waals surface area contributed by atoms with Gasteiger partial charge in [-0.3, -0.25) is 0 Å². The summed E-state index contributed by atoms with van der Waals surface area (Å²) in [5.41, 5.74) is 0. The minimum atomic E-state index is -2.89. The van der Waals surface area contributed by atoms with Gasteiger partial charge in [0, 0.05) is 25.8 Å². The molecule has 19 heavy (non-hydrogen) atoms. The van der Waals surface area contributed by atoms with Crippen LogP contribution < -0.4 is 10.2 Å². The van der Waals surface area contributed by atoms with E-state index < -0.39 is 9.84 Å². The molecular weight excluding hydrogens is 264 g/mol. The molecule has 7 heteroatoms. The average molecular weight is 284 g/mol. The first-order chi connectivity index (χ1) is 9.11. The third kappa shape index (κ3) is 4.05. The van der Waals surface area contributed by atoms with Gasteiger partial charge in [0.1, 0.15) is 5.82 Å². The highest BCUT2D eigenvalue weighted by atomic mass is 32.2. The molecule has 1 aliphatic rings. The first-order valence-corrected chi connectivity index (χ1v) is 8.45. The highest BCUT2D eigenvalue weighted by Crippen LogP contribution is 2.15. The lowest BCUT2D eigenvalue weighted by Gasteiger charge is -2.21. The molecule has 0 radical (unpaired) electrons. The van der Waals surface area contributed by atoms with Crippen LogP contribution in [0.3, 0.4) is 0 Å². The van der Waals surface area contributed by atoms with Crippen LogP contribution in [0.25, 0.3) is 0 Å². The van der Waals surface area contributed by atoms with E-state index in [9.17, 15) is 8.42 Å². The normalized spacial score (nSPS) is 18.9. The quantitative estimate of drug-likeness (QED) is 0.886. The van der Waals surface area contributed by atoms with Crippen LogP contribution in [0.15, 0.2) is 12.3 Å². The lowest BCUT2D eigenvalue weighted by atomic mass is 10.4. The fourth-order valence-electron chi connectivity index (χ4n) is 2.01. The fraction of sp³-hybridized carbons (Fsp3) is 0.667. The Bertz CT molecular complexity index is 518. The van der Waals surface area contributed by atoms with Crippen LogP contribution in [0.5, 0.6) is 0 Å². The molecule has 0 bridgehead atoms. The summed E-state index contributed by atoms with van der Waals surface area (Å²) in [6.07, 6.45) is 3.37. The molecule has 0 saturated carbocycles. The standard InChI is InChI=1S/C12H20N4O2S/c1-2-5-13-12-14-6-4-11(15-12)16-7-3-9-19(17,18)10-8-16/h4,6H,2-3,5,7-10H2,1H3,(H,13,14,15). The second-order valence-corrected chi connectivity index (χ2v) is 6.96. The maximum atomic E-state index is 11.6. The average Bonchev–Trinajstić information content (AvgIpc) is 2.58. The highest BCUT2D eigenvalue weighted by Gasteiger charge is 2.20. The Hall–Kier alpha value is -1.37. The van der Waals surface area contributed by atoms with Gasteiger partial charge in [-0.25, -0.2) is 13.4 Å². The number of nitrogens with one attached hydrogen (secondary N) is 1. The maximum absolute atomic E-state index is 11.6. The number of nitrogens with zero attached hydrogens (tertiary/aromatic N) is 3. The van der Waals surface area contributed by atoms with Gasteiger partial charge in [0.2, 0.25) is 5.95 Å². The molecular formula is C12H20N4O2S. The molecule has 0 amide bonds. The van der Waals surface area contributed by atoms with Crippen molar-refractivity contribution in [2.75, 3.05) is 41.4 Å². The molecule has 0 unspecified atom stereocenters. The first kappa shape index (κ1) is 14.0. The van der Waals surface area contributed by atoms with E-state index in [0.717, 1.165) is 25.3 Å². The van der Waals surface area contributed by atoms with Gasteiger partial charge in [0.05, 0.1) is 11.5 Å². The summed E-state index contributed by atoms with van der Waals surface area (Å²) in [6, 6.07) is 1.83. The largest absolute Gasteiger partial charge is 0.355 e. The third-order valence-electron chi connectivity index (χ3n) is 3.05. The predicted molar refractivity (Wildman–Crippen MR) is 76.3 cm³/mol. The monoisotopic (exact) mass is 284 g/mol. The van der Waals surface area contributed by atoms with Crippen molar-refractivity contribution in [2.45, 2.75) is 19.8 Å². The van der Waals surface area contributed by atoms with E-state index in [0.29, 0.717) is 18.9 Å². The van der Waals surface area contributed by atoms with Crippen LogP contribution in [0.1, 0.15) is 19.8 Å². The molecule has 6 nitrogen and oxygen atoms in total. The van der Waals surface area contributed by atoms with Crippen LogP contribution in [0, 0.1) is 0 Å². The van der Waals surface area contributed by atoms with Crippen LogP contribution in [0.4, 0.5) is 11.8 Å². The minimum absolute atomic E-state index is 0.203. The molecule has 2 rings (SSSR count). The van der Waals surface area contributed by atoms with Crippen LogP contribution in [-0.2, 0) is 9.84 Å². The summed E-state index contributed by atoms with van der Waals surface area (Å²) in [6.45, 7) is 4.14. The Balaban J connectivity index is 2.08. The van der Waals surface area contributed by atoms with Gasteiger partial charge in [-0.05, 0) is 18.9 Å². The molecule has 1 aromatic rings. The number of aromatic nitrogens is 2. The van der Waals surface area contributed by atoms with Crippen molar-refractivity contribution in [3.8, 4) is 0 Å². The van der Waals surface area contributed by atoms with Crippen molar-refractivity contribution < 1.29 is 8.42 Å². The molecule has 0 spiro atoms. The molecule has 0 aliphatic carbocycles. The highest BCUT2D eigenvalue weighted by molar-refractivity contribution is 7.91. The molecule has 0 aromatic carbocycles. The van der Waals surface area contributed by atoms with E-state index in [1.165, 1.54) is 0 Å². The van der Waals surface area contributed by atoms with E-state index in [1.807, 2.05) is 11.0 Å². The lowest BCUT2D eigenvalue weighted by Crippen LogP contribution is -2.27. The molecule has 1 aliphatic heterocycles. The SMILES string of the molecule is CCCNc1nccc(N2CCCS(=O)(=O)CC2)n1. The second-order valence-electron chi connectivity index (χ2n) is 4.66. The van der Waals surface area contributed by atoms with Gasteiger partial charge in [0.15, 0.2) is 9.84 Å². The van der Waals surface area contributed by atoms with E-state index in [-0.39, 0.29) is 11.5 Å². The first-order valence-electron chi connectivity index (χ1n) is 6.63. The molecule has 1 aromatic heterocycles. The van der Waals surface area contributed by atoms with Crippen LogP contribution in [-0.4, -0.2) is 49.5 Å². The second kappa shape index (κ2) is 6.18. The maximum Gasteiger partial charge on any atom is 0.224 e. The molecule has 1 fully saturated rings. The Kier molecular flexibility index (Phi) is 4.57. The third-order valence-corrected chi connectivity index (χ3v) is 4.77. The van der Waals surface area contributed by atoms with Gasteiger partial charge < -0.3 is 10.2 Å². The van der Waals surface area contributed by atoms with Gasteiger partial charge in [-0.1, -0.05) is 6.92 Å². The number of anilines is 2. The lowest BCUT2D eigenvalue weighted by molar-refractivity contribution is 0.597. The van der Waals surface area contributed by atoms with Gasteiger partial charge in [-0.15, -0.1) is 0 Å². The summed E-state index contributed by atoms with van der Waals surface area (Å²) >= 11 is 0. The van der Waals surface area contributed by atoms with Gasteiger partial charge in [0.25, 0.3) is 0 Å². The predicted octanol–water partition coefficient (Wildman–Crippen LogP) is 0.923. The van der Waals surface area contributed by atoms with Gasteiger partial charge >= 0.3 is 0 Å². The summed E-state index contributed by atoms with van der Waals surface area (Å²) in [5.74, 6) is 1.88. The van der Waals surface area contributed by atoms with E-state index in [1.54, 1.807) is 6.20 Å². The van der Waals surface area contributed by atoms with Crippen molar-refractivity contribution in [1.29, 1.82) is 0 Å². The molecule has 0 atom stereocenters. The number of rotatable bonds is 4. The zero-order valence-corrected chi connectivity index (χ0v) is 12.0. The summed E-state index contributed by atoms with van der Waals surface area (Å²) in [4.78, 5) is 10.6. The van der Waals surface area contributed by atoms with Crippen LogP contribution in [0.2, 0.25) is 0 Å². The molecule has 106 valence electrons. The Labute approximate surface area is 114 Å².